The molecule has 0 saturated carbocycles. The van der Waals surface area contributed by atoms with Gasteiger partial charge in [0.2, 0.25) is 0 Å². The lowest BCUT2D eigenvalue weighted by atomic mass is 10.1. The molecule has 3 rings (SSSR count). The molecule has 0 bridgehead atoms. The standard InChI is InChI=1S/C21H24ClN3O4/c1-13-9-15(25-7-3-4-8-25)5-6-17(13)24-21(27)14-10-16(22)20(18(11-14)28-2)29-12-19(23)26/h5-6,9-11H,3-4,7-8,12H2,1-2H3,(H2,23,26)(H,24,27). The molecule has 0 aliphatic carbocycles. The molecule has 29 heavy (non-hydrogen) atoms. The Morgan fingerprint density at radius 2 is 1.93 bits per heavy atom. The van der Waals surface area contributed by atoms with Crippen molar-refractivity contribution >= 4 is 34.8 Å². The van der Waals surface area contributed by atoms with Gasteiger partial charge in [0.05, 0.1) is 12.1 Å². The van der Waals surface area contributed by atoms with Crippen molar-refractivity contribution in [3.63, 3.8) is 0 Å². The number of halogens is 1. The van der Waals surface area contributed by atoms with Gasteiger partial charge in [0, 0.05) is 30.0 Å². The number of hydrogen-bond acceptors (Lipinski definition) is 5. The number of benzene rings is 2. The molecule has 8 heteroatoms. The molecule has 0 atom stereocenters. The maximum Gasteiger partial charge on any atom is 0.255 e. The van der Waals surface area contributed by atoms with Crippen LogP contribution in [0.3, 0.4) is 0 Å². The predicted molar refractivity (Wildman–Crippen MR) is 113 cm³/mol. The second-order valence-corrected chi connectivity index (χ2v) is 7.30. The van der Waals surface area contributed by atoms with Crippen LogP contribution in [0.25, 0.3) is 0 Å². The molecule has 2 aromatic carbocycles. The number of nitrogens with two attached hydrogens (primary N) is 1. The maximum absolute atomic E-state index is 12.8. The van der Waals surface area contributed by atoms with Crippen molar-refractivity contribution in [2.75, 3.05) is 37.0 Å². The van der Waals surface area contributed by atoms with Gasteiger partial charge in [-0.3, -0.25) is 9.59 Å². The van der Waals surface area contributed by atoms with Gasteiger partial charge in [-0.1, -0.05) is 11.6 Å². The Kier molecular flexibility index (Phi) is 6.49. The topological polar surface area (TPSA) is 93.9 Å². The van der Waals surface area contributed by atoms with Crippen LogP contribution in [0.2, 0.25) is 5.02 Å². The molecule has 3 N–H and O–H groups in total. The number of ether oxygens (including phenoxy) is 2. The minimum absolute atomic E-state index is 0.150. The summed E-state index contributed by atoms with van der Waals surface area (Å²) in [7, 11) is 1.42. The van der Waals surface area contributed by atoms with Crippen LogP contribution in [0.15, 0.2) is 30.3 Å². The summed E-state index contributed by atoms with van der Waals surface area (Å²) in [5.74, 6) is -0.567. The van der Waals surface area contributed by atoms with Crippen LogP contribution in [0.4, 0.5) is 11.4 Å². The molecule has 1 aliphatic rings. The average molecular weight is 418 g/mol. The second-order valence-electron chi connectivity index (χ2n) is 6.89. The summed E-state index contributed by atoms with van der Waals surface area (Å²) in [6.45, 7) is 3.74. The zero-order valence-corrected chi connectivity index (χ0v) is 17.2. The third-order valence-corrected chi connectivity index (χ3v) is 5.06. The Labute approximate surface area is 174 Å². The monoisotopic (exact) mass is 417 g/mol. The average Bonchev–Trinajstić information content (AvgIpc) is 3.22. The summed E-state index contributed by atoms with van der Waals surface area (Å²) in [5.41, 5.74) is 8.27. The summed E-state index contributed by atoms with van der Waals surface area (Å²) < 4.78 is 10.5. The summed E-state index contributed by atoms with van der Waals surface area (Å²) in [5, 5.41) is 3.06. The van der Waals surface area contributed by atoms with E-state index >= 15 is 0 Å². The molecule has 1 fully saturated rings. The molecular formula is C21H24ClN3O4. The summed E-state index contributed by atoms with van der Waals surface area (Å²) in [4.78, 5) is 26.0. The number of aryl methyl sites for hydroxylation is 1. The number of nitrogens with one attached hydrogen (secondary N) is 1. The van der Waals surface area contributed by atoms with Crippen molar-refractivity contribution in [3.8, 4) is 11.5 Å². The van der Waals surface area contributed by atoms with E-state index in [1.165, 1.54) is 37.8 Å². The van der Waals surface area contributed by atoms with Gasteiger partial charge in [-0.15, -0.1) is 0 Å². The van der Waals surface area contributed by atoms with E-state index in [0.717, 1.165) is 24.3 Å². The number of amides is 2. The highest BCUT2D eigenvalue weighted by atomic mass is 35.5. The predicted octanol–water partition coefficient (Wildman–Crippen LogP) is 3.37. The van der Waals surface area contributed by atoms with Crippen LogP contribution in [-0.4, -0.2) is 38.6 Å². The van der Waals surface area contributed by atoms with Gasteiger partial charge in [0.25, 0.3) is 11.8 Å². The third kappa shape index (κ3) is 4.92. The van der Waals surface area contributed by atoms with E-state index in [4.69, 9.17) is 26.8 Å². The Morgan fingerprint density at radius 1 is 1.21 bits per heavy atom. The molecule has 0 unspecified atom stereocenters. The van der Waals surface area contributed by atoms with Crippen LogP contribution < -0.4 is 25.4 Å². The van der Waals surface area contributed by atoms with Gasteiger partial charge in [-0.25, -0.2) is 0 Å². The summed E-state index contributed by atoms with van der Waals surface area (Å²) in [6.07, 6.45) is 2.42. The first-order valence-corrected chi connectivity index (χ1v) is 9.72. The lowest BCUT2D eigenvalue weighted by Gasteiger charge is -2.19. The van der Waals surface area contributed by atoms with Gasteiger partial charge < -0.3 is 25.4 Å². The number of carbonyl (C=O) groups is 2. The molecular weight excluding hydrogens is 394 g/mol. The Morgan fingerprint density at radius 3 is 2.55 bits per heavy atom. The molecule has 2 amide bonds. The molecule has 7 nitrogen and oxygen atoms in total. The number of hydrogen-bond donors (Lipinski definition) is 2. The van der Waals surface area contributed by atoms with Gasteiger partial charge in [-0.05, 0) is 55.7 Å². The first-order chi connectivity index (χ1) is 13.9. The van der Waals surface area contributed by atoms with Gasteiger partial charge in [-0.2, -0.15) is 0 Å². The highest BCUT2D eigenvalue weighted by Crippen LogP contribution is 2.36. The van der Waals surface area contributed by atoms with E-state index in [9.17, 15) is 9.59 Å². The minimum Gasteiger partial charge on any atom is -0.493 e. The zero-order chi connectivity index (χ0) is 21.0. The first-order valence-electron chi connectivity index (χ1n) is 9.34. The lowest BCUT2D eigenvalue weighted by Crippen LogP contribution is -2.20. The van der Waals surface area contributed by atoms with Crippen LogP contribution in [0, 0.1) is 6.92 Å². The zero-order valence-electron chi connectivity index (χ0n) is 16.5. The fourth-order valence-corrected chi connectivity index (χ4v) is 3.55. The van der Waals surface area contributed by atoms with Crippen molar-refractivity contribution in [3.05, 3.63) is 46.5 Å². The van der Waals surface area contributed by atoms with E-state index in [0.29, 0.717) is 5.56 Å². The van der Waals surface area contributed by atoms with E-state index in [-0.39, 0.29) is 29.0 Å². The van der Waals surface area contributed by atoms with Crippen molar-refractivity contribution in [2.45, 2.75) is 19.8 Å². The van der Waals surface area contributed by atoms with Crippen LogP contribution in [0.1, 0.15) is 28.8 Å². The smallest absolute Gasteiger partial charge is 0.255 e. The number of methoxy groups -OCH3 is 1. The van der Waals surface area contributed by atoms with Gasteiger partial charge in [0.1, 0.15) is 0 Å². The Hall–Kier alpha value is -2.93. The largest absolute Gasteiger partial charge is 0.493 e. The molecule has 154 valence electrons. The van der Waals surface area contributed by atoms with Gasteiger partial charge in [0.15, 0.2) is 18.1 Å². The number of nitrogens with zero attached hydrogens (tertiary/aromatic N) is 1. The van der Waals surface area contributed by atoms with E-state index in [1.54, 1.807) is 0 Å². The third-order valence-electron chi connectivity index (χ3n) is 4.78. The molecule has 0 radical (unpaired) electrons. The highest BCUT2D eigenvalue weighted by Gasteiger charge is 2.18. The summed E-state index contributed by atoms with van der Waals surface area (Å²) in [6, 6.07) is 8.97. The quantitative estimate of drug-likeness (QED) is 0.720. The van der Waals surface area contributed by atoms with E-state index in [1.807, 2.05) is 19.1 Å². The highest BCUT2D eigenvalue weighted by molar-refractivity contribution is 6.32. The van der Waals surface area contributed by atoms with Crippen LogP contribution in [-0.2, 0) is 4.79 Å². The Balaban J connectivity index is 1.78. The SMILES string of the molecule is COc1cc(C(=O)Nc2ccc(N3CCCC3)cc2C)cc(Cl)c1OCC(N)=O. The van der Waals surface area contributed by atoms with Crippen molar-refractivity contribution in [1.29, 1.82) is 0 Å². The van der Waals surface area contributed by atoms with Gasteiger partial charge >= 0.3 is 0 Å². The Bertz CT molecular complexity index is 926. The van der Waals surface area contributed by atoms with Crippen molar-refractivity contribution in [2.24, 2.45) is 5.73 Å². The maximum atomic E-state index is 12.8. The normalized spacial score (nSPS) is 13.3. The van der Waals surface area contributed by atoms with Crippen molar-refractivity contribution in [1.82, 2.24) is 0 Å². The van der Waals surface area contributed by atoms with Crippen LogP contribution >= 0.6 is 11.6 Å². The lowest BCUT2D eigenvalue weighted by molar-refractivity contribution is -0.119. The van der Waals surface area contributed by atoms with Crippen molar-refractivity contribution < 1.29 is 19.1 Å². The number of anilines is 2. The number of carbonyl (C=O) groups excluding carboxylic acids is 2. The first kappa shape index (κ1) is 20.8. The molecule has 2 aromatic rings. The molecule has 1 aliphatic heterocycles. The number of rotatable bonds is 7. The van der Waals surface area contributed by atoms with E-state index < -0.39 is 5.91 Å². The minimum atomic E-state index is -0.641. The summed E-state index contributed by atoms with van der Waals surface area (Å²) >= 11 is 6.23. The molecule has 1 saturated heterocycles. The fourth-order valence-electron chi connectivity index (χ4n) is 3.29. The molecule has 1 heterocycles. The van der Waals surface area contributed by atoms with E-state index in [2.05, 4.69) is 16.3 Å². The molecule has 0 aromatic heterocycles. The van der Waals surface area contributed by atoms with Crippen LogP contribution in [0.5, 0.6) is 11.5 Å². The second kappa shape index (κ2) is 9.05. The fraction of sp³-hybridized carbons (Fsp3) is 0.333. The molecule has 0 spiro atoms. The number of primary amides is 1.